The van der Waals surface area contributed by atoms with Crippen molar-refractivity contribution in [3.8, 4) is 11.3 Å². The van der Waals surface area contributed by atoms with E-state index in [9.17, 15) is 14.0 Å². The Labute approximate surface area is 120 Å². The van der Waals surface area contributed by atoms with E-state index in [4.69, 9.17) is 4.74 Å². The number of rotatable bonds is 4. The van der Waals surface area contributed by atoms with Gasteiger partial charge in [0.25, 0.3) is 0 Å². The van der Waals surface area contributed by atoms with Crippen LogP contribution in [-0.2, 0) is 9.47 Å². The van der Waals surface area contributed by atoms with Crippen molar-refractivity contribution >= 4 is 11.9 Å². The predicted octanol–water partition coefficient (Wildman–Crippen LogP) is 2.78. The first-order valence-electron chi connectivity index (χ1n) is 6.31. The van der Waals surface area contributed by atoms with Gasteiger partial charge in [-0.3, -0.25) is 0 Å². The molecule has 1 heterocycles. The maximum atomic E-state index is 13.3. The fraction of sp³-hybridized carbons (Fsp3) is 0.200. The lowest BCUT2D eigenvalue weighted by molar-refractivity contribution is 0.0527. The summed E-state index contributed by atoms with van der Waals surface area (Å²) in [7, 11) is 1.23. The van der Waals surface area contributed by atoms with E-state index in [0.717, 1.165) is 0 Å². The summed E-state index contributed by atoms with van der Waals surface area (Å²) in [5.41, 5.74) is 1.00. The van der Waals surface area contributed by atoms with Gasteiger partial charge in [-0.2, -0.15) is 0 Å². The number of methoxy groups -OCH3 is 1. The van der Waals surface area contributed by atoms with Crippen molar-refractivity contribution < 1.29 is 23.5 Å². The van der Waals surface area contributed by atoms with Crippen LogP contribution in [0.1, 0.15) is 27.8 Å². The maximum Gasteiger partial charge on any atom is 0.354 e. The zero-order valence-electron chi connectivity index (χ0n) is 11.6. The molecule has 1 aromatic heterocycles. The van der Waals surface area contributed by atoms with Crippen molar-refractivity contribution in [1.82, 2.24) is 4.98 Å². The minimum absolute atomic E-state index is 0.0971. The lowest BCUT2D eigenvalue weighted by Crippen LogP contribution is -2.05. The zero-order valence-corrected chi connectivity index (χ0v) is 11.6. The molecule has 0 aliphatic carbocycles. The summed E-state index contributed by atoms with van der Waals surface area (Å²) in [5.74, 6) is -1.66. The van der Waals surface area contributed by atoms with Gasteiger partial charge in [-0.05, 0) is 25.1 Å². The highest BCUT2D eigenvalue weighted by atomic mass is 19.1. The summed E-state index contributed by atoms with van der Waals surface area (Å²) < 4.78 is 22.9. The second kappa shape index (κ2) is 6.21. The Morgan fingerprint density at radius 3 is 2.62 bits per heavy atom. The van der Waals surface area contributed by atoms with Crippen LogP contribution in [0.5, 0.6) is 0 Å². The van der Waals surface area contributed by atoms with E-state index in [2.05, 4.69) is 9.72 Å². The Kier molecular flexibility index (Phi) is 4.37. The van der Waals surface area contributed by atoms with Crippen LogP contribution in [0.15, 0.2) is 30.3 Å². The third kappa shape index (κ3) is 3.10. The van der Waals surface area contributed by atoms with Gasteiger partial charge in [0.05, 0.1) is 25.0 Å². The highest BCUT2D eigenvalue weighted by Crippen LogP contribution is 2.25. The second-order valence-corrected chi connectivity index (χ2v) is 4.19. The lowest BCUT2D eigenvalue weighted by atomic mass is 10.1. The highest BCUT2D eigenvalue weighted by Gasteiger charge is 2.21. The molecule has 0 amide bonds. The standard InChI is InChI=1S/C15H14FNO4/c1-3-21-14(18)11-8-12(15(19)20-2)17-13(11)9-5-4-6-10(16)7-9/h4-8,17H,3H2,1-2H3. The highest BCUT2D eigenvalue weighted by molar-refractivity contribution is 6.00. The van der Waals surface area contributed by atoms with Gasteiger partial charge in [0.2, 0.25) is 0 Å². The van der Waals surface area contributed by atoms with Crippen LogP contribution in [0.3, 0.4) is 0 Å². The predicted molar refractivity (Wildman–Crippen MR) is 73.5 cm³/mol. The van der Waals surface area contributed by atoms with E-state index < -0.39 is 17.8 Å². The van der Waals surface area contributed by atoms with Crippen molar-refractivity contribution in [2.45, 2.75) is 6.92 Å². The third-order valence-electron chi connectivity index (χ3n) is 2.83. The van der Waals surface area contributed by atoms with Gasteiger partial charge >= 0.3 is 11.9 Å². The summed E-state index contributed by atoms with van der Waals surface area (Å²) >= 11 is 0. The monoisotopic (exact) mass is 291 g/mol. The fourth-order valence-electron chi connectivity index (χ4n) is 1.92. The molecular weight excluding hydrogens is 277 g/mol. The molecule has 0 aliphatic heterocycles. The van der Waals surface area contributed by atoms with Crippen LogP contribution in [0, 0.1) is 5.82 Å². The molecule has 0 atom stereocenters. The van der Waals surface area contributed by atoms with Crippen molar-refractivity contribution in [3.05, 3.63) is 47.4 Å². The molecule has 0 saturated carbocycles. The Hall–Kier alpha value is -2.63. The van der Waals surface area contributed by atoms with Gasteiger partial charge in [0.1, 0.15) is 11.5 Å². The number of H-pyrrole nitrogens is 1. The topological polar surface area (TPSA) is 68.4 Å². The summed E-state index contributed by atoms with van der Waals surface area (Å²) in [5, 5.41) is 0. The van der Waals surface area contributed by atoms with Crippen LogP contribution in [0.2, 0.25) is 0 Å². The molecule has 1 N–H and O–H groups in total. The average Bonchev–Trinajstić information content (AvgIpc) is 2.92. The quantitative estimate of drug-likeness (QED) is 0.879. The minimum Gasteiger partial charge on any atom is -0.464 e. The van der Waals surface area contributed by atoms with Crippen LogP contribution in [0.25, 0.3) is 11.3 Å². The normalized spacial score (nSPS) is 10.2. The van der Waals surface area contributed by atoms with Gasteiger partial charge in [-0.1, -0.05) is 12.1 Å². The number of aromatic nitrogens is 1. The minimum atomic E-state index is -0.622. The number of esters is 2. The van der Waals surface area contributed by atoms with Crippen LogP contribution >= 0.6 is 0 Å². The summed E-state index contributed by atoms with van der Waals surface area (Å²) in [4.78, 5) is 26.3. The Bertz CT molecular complexity index is 678. The number of halogens is 1. The number of nitrogens with one attached hydrogen (secondary N) is 1. The van der Waals surface area contributed by atoms with Gasteiger partial charge in [0, 0.05) is 5.56 Å². The smallest absolute Gasteiger partial charge is 0.354 e. The maximum absolute atomic E-state index is 13.3. The lowest BCUT2D eigenvalue weighted by Gasteiger charge is -2.04. The molecule has 0 unspecified atom stereocenters. The largest absolute Gasteiger partial charge is 0.464 e. The van der Waals surface area contributed by atoms with Crippen molar-refractivity contribution in [2.24, 2.45) is 0 Å². The molecule has 0 fully saturated rings. The summed E-state index contributed by atoms with van der Waals surface area (Å²) in [6, 6.07) is 7.02. The molecule has 0 radical (unpaired) electrons. The molecule has 1 aromatic carbocycles. The number of hydrogen-bond acceptors (Lipinski definition) is 4. The second-order valence-electron chi connectivity index (χ2n) is 4.19. The Morgan fingerprint density at radius 2 is 2.00 bits per heavy atom. The van der Waals surface area contributed by atoms with Gasteiger partial charge in [0.15, 0.2) is 0 Å². The van der Waals surface area contributed by atoms with Crippen molar-refractivity contribution in [2.75, 3.05) is 13.7 Å². The molecule has 0 aliphatic rings. The van der Waals surface area contributed by atoms with E-state index in [1.807, 2.05) is 0 Å². The van der Waals surface area contributed by atoms with E-state index in [1.54, 1.807) is 13.0 Å². The van der Waals surface area contributed by atoms with Crippen molar-refractivity contribution in [1.29, 1.82) is 0 Å². The Morgan fingerprint density at radius 1 is 1.24 bits per heavy atom. The van der Waals surface area contributed by atoms with E-state index in [1.165, 1.54) is 31.4 Å². The first-order valence-corrected chi connectivity index (χ1v) is 6.31. The third-order valence-corrected chi connectivity index (χ3v) is 2.83. The number of ether oxygens (including phenoxy) is 2. The molecule has 5 nitrogen and oxygen atoms in total. The number of hydrogen-bond donors (Lipinski definition) is 1. The van der Waals surface area contributed by atoms with E-state index in [0.29, 0.717) is 11.3 Å². The molecule has 21 heavy (non-hydrogen) atoms. The first-order chi connectivity index (χ1) is 10.1. The molecule has 0 saturated heterocycles. The van der Waals surface area contributed by atoms with E-state index in [-0.39, 0.29) is 17.9 Å². The van der Waals surface area contributed by atoms with Crippen LogP contribution in [-0.4, -0.2) is 30.6 Å². The number of aromatic amines is 1. The summed E-state index contributed by atoms with van der Waals surface area (Å²) in [6.45, 7) is 1.87. The molecule has 0 spiro atoms. The molecule has 6 heteroatoms. The molecular formula is C15H14FNO4. The van der Waals surface area contributed by atoms with Crippen LogP contribution in [0.4, 0.5) is 4.39 Å². The SMILES string of the molecule is CCOC(=O)c1cc(C(=O)OC)[nH]c1-c1cccc(F)c1. The molecule has 2 aromatic rings. The van der Waals surface area contributed by atoms with Gasteiger partial charge < -0.3 is 14.5 Å². The average molecular weight is 291 g/mol. The van der Waals surface area contributed by atoms with Gasteiger partial charge in [-0.15, -0.1) is 0 Å². The van der Waals surface area contributed by atoms with E-state index >= 15 is 0 Å². The fourth-order valence-corrected chi connectivity index (χ4v) is 1.92. The summed E-state index contributed by atoms with van der Waals surface area (Å²) in [6.07, 6.45) is 0. The molecule has 110 valence electrons. The number of carbonyl (C=O) groups is 2. The first kappa shape index (κ1) is 14.8. The zero-order chi connectivity index (χ0) is 15.4. The van der Waals surface area contributed by atoms with Crippen LogP contribution < -0.4 is 0 Å². The molecule has 2 rings (SSSR count). The van der Waals surface area contributed by atoms with Gasteiger partial charge in [-0.25, -0.2) is 14.0 Å². The van der Waals surface area contributed by atoms with Crippen molar-refractivity contribution in [3.63, 3.8) is 0 Å². The molecule has 0 bridgehead atoms. The Balaban J connectivity index is 2.54. The number of benzene rings is 1. The number of carbonyl (C=O) groups excluding carboxylic acids is 2.